The number of carbonyl (C=O) groups excluding carboxylic acids is 1. The van der Waals surface area contributed by atoms with Gasteiger partial charge in [0.15, 0.2) is 0 Å². The Balaban J connectivity index is 1.16. The minimum atomic E-state index is -0.284. The summed E-state index contributed by atoms with van der Waals surface area (Å²) in [6, 6.07) is 9.16. The van der Waals surface area contributed by atoms with Crippen LogP contribution in [-0.2, 0) is 4.79 Å². The van der Waals surface area contributed by atoms with Gasteiger partial charge in [-0.3, -0.25) is 9.89 Å². The first-order valence-corrected chi connectivity index (χ1v) is 12.2. The SMILES string of the molecule is CC(CCCCCCN1C=CC=NC1c1ccc(Cl)cc1)N1CC2(C=O)CCC1CN2. The van der Waals surface area contributed by atoms with Crippen molar-refractivity contribution in [3.8, 4) is 0 Å². The lowest BCUT2D eigenvalue weighted by Gasteiger charge is -2.53. The smallest absolute Gasteiger partial charge is 0.146 e. The van der Waals surface area contributed by atoms with Gasteiger partial charge in [-0.1, -0.05) is 43.0 Å². The lowest BCUT2D eigenvalue weighted by molar-refractivity contribution is -0.120. The number of aliphatic imine (C=N–C) groups is 1. The van der Waals surface area contributed by atoms with Gasteiger partial charge in [-0.25, -0.2) is 0 Å². The fraction of sp³-hybridized carbons (Fsp3) is 0.600. The maximum absolute atomic E-state index is 11.6. The Morgan fingerprint density at radius 1 is 1.26 bits per heavy atom. The molecule has 3 fully saturated rings. The number of hydrogen-bond donors (Lipinski definition) is 1. The number of carbonyl (C=O) groups is 1. The summed E-state index contributed by atoms with van der Waals surface area (Å²) in [5.41, 5.74) is 0.894. The molecule has 0 aliphatic carbocycles. The third-order valence-corrected chi connectivity index (χ3v) is 7.45. The van der Waals surface area contributed by atoms with Gasteiger partial charge in [-0.2, -0.15) is 0 Å². The molecule has 0 aromatic heterocycles. The molecule has 31 heavy (non-hydrogen) atoms. The summed E-state index contributed by atoms with van der Waals surface area (Å²) in [7, 11) is 0. The van der Waals surface area contributed by atoms with E-state index in [4.69, 9.17) is 11.6 Å². The molecule has 168 valence electrons. The topological polar surface area (TPSA) is 47.9 Å². The predicted octanol–water partition coefficient (Wildman–Crippen LogP) is 4.58. The van der Waals surface area contributed by atoms with Gasteiger partial charge in [0.25, 0.3) is 0 Å². The molecule has 0 amide bonds. The van der Waals surface area contributed by atoms with Crippen LogP contribution in [0.2, 0.25) is 5.02 Å². The average molecular weight is 443 g/mol. The van der Waals surface area contributed by atoms with Crippen molar-refractivity contribution in [1.82, 2.24) is 15.1 Å². The van der Waals surface area contributed by atoms with E-state index in [1.807, 2.05) is 24.4 Å². The molecular weight excluding hydrogens is 408 g/mol. The third-order valence-electron chi connectivity index (χ3n) is 7.20. The Bertz CT molecular complexity index is 785. The van der Waals surface area contributed by atoms with Crippen LogP contribution in [0.15, 0.2) is 41.5 Å². The van der Waals surface area contributed by atoms with Crippen LogP contribution in [0.4, 0.5) is 0 Å². The minimum absolute atomic E-state index is 0.0514. The number of nitrogens with zero attached hydrogens (tertiary/aromatic N) is 3. The van der Waals surface area contributed by atoms with Crippen molar-refractivity contribution in [2.24, 2.45) is 4.99 Å². The fourth-order valence-corrected chi connectivity index (χ4v) is 5.40. The molecule has 6 heteroatoms. The standard InChI is InChI=1S/C25H35ClN4O/c1-20(30-18-25(19-31)13-12-23(30)17-28-25)7-4-2-3-5-15-29-16-6-14-27-24(29)21-8-10-22(26)11-9-21/h6,8-11,14,16,19-20,23-24,28H,2-5,7,12-13,15,17-18H2,1H3. The van der Waals surface area contributed by atoms with Crippen LogP contribution in [0.1, 0.15) is 63.6 Å². The van der Waals surface area contributed by atoms with Crippen LogP contribution < -0.4 is 5.32 Å². The molecule has 0 radical (unpaired) electrons. The van der Waals surface area contributed by atoms with Crippen molar-refractivity contribution < 1.29 is 4.79 Å². The number of piperidine rings is 2. The molecule has 4 heterocycles. The first-order valence-electron chi connectivity index (χ1n) is 11.8. The second-order valence-electron chi connectivity index (χ2n) is 9.37. The summed E-state index contributed by atoms with van der Waals surface area (Å²) in [6.07, 6.45) is 15.5. The maximum Gasteiger partial charge on any atom is 0.146 e. The van der Waals surface area contributed by atoms with Crippen molar-refractivity contribution >= 4 is 24.1 Å². The number of benzene rings is 1. The van der Waals surface area contributed by atoms with Gasteiger partial charge in [-0.05, 0) is 56.4 Å². The van der Waals surface area contributed by atoms with Crippen molar-refractivity contribution in [3.63, 3.8) is 0 Å². The lowest BCUT2D eigenvalue weighted by atomic mass is 9.81. The summed E-state index contributed by atoms with van der Waals surface area (Å²) >= 11 is 6.04. The summed E-state index contributed by atoms with van der Waals surface area (Å²) in [6.45, 7) is 5.20. The molecule has 5 rings (SSSR count). The van der Waals surface area contributed by atoms with Gasteiger partial charge in [0.05, 0.1) is 5.54 Å². The van der Waals surface area contributed by atoms with Crippen LogP contribution in [0.25, 0.3) is 0 Å². The van der Waals surface area contributed by atoms with Gasteiger partial charge in [0.1, 0.15) is 12.5 Å². The molecular formula is C25H35ClN4O. The number of unbranched alkanes of at least 4 members (excludes halogenated alkanes) is 3. The summed E-state index contributed by atoms with van der Waals surface area (Å²) < 4.78 is 0. The molecule has 3 saturated heterocycles. The first-order chi connectivity index (χ1) is 15.1. The van der Waals surface area contributed by atoms with E-state index in [1.54, 1.807) is 0 Å². The van der Waals surface area contributed by atoms with Crippen molar-refractivity contribution in [3.05, 3.63) is 47.1 Å². The van der Waals surface area contributed by atoms with E-state index >= 15 is 0 Å². The Hall–Kier alpha value is -1.69. The van der Waals surface area contributed by atoms with E-state index in [-0.39, 0.29) is 11.7 Å². The summed E-state index contributed by atoms with van der Waals surface area (Å²) in [5, 5.41) is 4.22. The van der Waals surface area contributed by atoms with E-state index in [0.29, 0.717) is 12.1 Å². The van der Waals surface area contributed by atoms with E-state index in [0.717, 1.165) is 43.8 Å². The van der Waals surface area contributed by atoms with E-state index < -0.39 is 0 Å². The normalized spacial score (nSPS) is 28.8. The molecule has 0 saturated carbocycles. The third kappa shape index (κ3) is 5.39. The molecule has 5 nitrogen and oxygen atoms in total. The highest BCUT2D eigenvalue weighted by Gasteiger charge is 2.45. The van der Waals surface area contributed by atoms with Crippen molar-refractivity contribution in [1.29, 1.82) is 0 Å². The Morgan fingerprint density at radius 3 is 2.81 bits per heavy atom. The Morgan fingerprint density at radius 2 is 2.06 bits per heavy atom. The van der Waals surface area contributed by atoms with Gasteiger partial charge < -0.3 is 15.0 Å². The number of allylic oxidation sites excluding steroid dienone is 1. The number of halogens is 1. The molecule has 4 atom stereocenters. The second-order valence-corrected chi connectivity index (χ2v) is 9.81. The van der Waals surface area contributed by atoms with Gasteiger partial charge in [0, 0.05) is 49.2 Å². The highest BCUT2D eigenvalue weighted by atomic mass is 35.5. The van der Waals surface area contributed by atoms with Crippen molar-refractivity contribution in [2.75, 3.05) is 19.6 Å². The quantitative estimate of drug-likeness (QED) is 0.425. The number of hydrogen-bond acceptors (Lipinski definition) is 5. The number of aldehydes is 1. The zero-order chi connectivity index (χ0) is 21.7. The molecule has 1 aromatic rings. The van der Waals surface area contributed by atoms with E-state index in [1.165, 1.54) is 37.7 Å². The second kappa shape index (κ2) is 10.3. The van der Waals surface area contributed by atoms with Crippen LogP contribution >= 0.6 is 11.6 Å². The number of rotatable bonds is 10. The Kier molecular flexibility index (Phi) is 7.47. The maximum atomic E-state index is 11.6. The minimum Gasteiger partial charge on any atom is -0.352 e. The number of piperazine rings is 1. The molecule has 1 aromatic carbocycles. The highest BCUT2D eigenvalue weighted by Crippen LogP contribution is 2.32. The monoisotopic (exact) mass is 442 g/mol. The van der Waals surface area contributed by atoms with Crippen LogP contribution in [0, 0.1) is 0 Å². The first kappa shape index (κ1) is 22.5. The number of nitrogens with one attached hydrogen (secondary N) is 1. The van der Waals surface area contributed by atoms with Gasteiger partial charge >= 0.3 is 0 Å². The van der Waals surface area contributed by atoms with Crippen molar-refractivity contribution in [2.45, 2.75) is 75.7 Å². The molecule has 4 aliphatic heterocycles. The Labute approximate surface area is 191 Å². The molecule has 0 spiro atoms. The fourth-order valence-electron chi connectivity index (χ4n) is 5.27. The summed E-state index contributed by atoms with van der Waals surface area (Å²) in [5.74, 6) is 0. The van der Waals surface area contributed by atoms with Crippen LogP contribution in [-0.4, -0.2) is 59.6 Å². The average Bonchev–Trinajstić information content (AvgIpc) is 2.82. The van der Waals surface area contributed by atoms with Gasteiger partial charge in [-0.15, -0.1) is 0 Å². The summed E-state index contributed by atoms with van der Waals surface area (Å²) in [4.78, 5) is 21.2. The van der Waals surface area contributed by atoms with Gasteiger partial charge in [0.2, 0.25) is 0 Å². The number of fused-ring (bicyclic) bond motifs is 3. The highest BCUT2D eigenvalue weighted by molar-refractivity contribution is 6.30. The van der Waals surface area contributed by atoms with E-state index in [9.17, 15) is 4.79 Å². The van der Waals surface area contributed by atoms with Crippen LogP contribution in [0.5, 0.6) is 0 Å². The zero-order valence-corrected chi connectivity index (χ0v) is 19.3. The zero-order valence-electron chi connectivity index (χ0n) is 18.5. The largest absolute Gasteiger partial charge is 0.352 e. The predicted molar refractivity (Wildman–Crippen MR) is 128 cm³/mol. The molecule has 1 N–H and O–H groups in total. The molecule has 2 bridgehead atoms. The molecule has 4 unspecified atom stereocenters. The van der Waals surface area contributed by atoms with Crippen LogP contribution in [0.3, 0.4) is 0 Å². The molecule has 4 aliphatic rings. The van der Waals surface area contributed by atoms with E-state index in [2.05, 4.69) is 45.4 Å². The lowest BCUT2D eigenvalue weighted by Crippen LogP contribution is -2.70.